The van der Waals surface area contributed by atoms with Crippen LogP contribution in [0.1, 0.15) is 18.3 Å². The van der Waals surface area contributed by atoms with E-state index in [0.717, 1.165) is 34.6 Å². The van der Waals surface area contributed by atoms with Crippen LogP contribution in [0, 0.1) is 12.8 Å². The molecule has 0 fully saturated rings. The minimum atomic E-state index is -0.179. The summed E-state index contributed by atoms with van der Waals surface area (Å²) in [6.45, 7) is 5.81. The van der Waals surface area contributed by atoms with Crippen LogP contribution >= 0.6 is 11.8 Å². The van der Waals surface area contributed by atoms with Gasteiger partial charge >= 0.3 is 0 Å². The molecule has 1 amide bonds. The van der Waals surface area contributed by atoms with Crippen molar-refractivity contribution in [2.75, 3.05) is 26.0 Å². The fourth-order valence-corrected chi connectivity index (χ4v) is 3.92. The van der Waals surface area contributed by atoms with Gasteiger partial charge in [0.25, 0.3) is 0 Å². The number of fused-ring (bicyclic) bond motifs is 1. The zero-order valence-corrected chi connectivity index (χ0v) is 16.1. The van der Waals surface area contributed by atoms with E-state index >= 15 is 0 Å². The first-order chi connectivity index (χ1) is 12.6. The van der Waals surface area contributed by atoms with Crippen molar-refractivity contribution < 1.29 is 14.3 Å². The predicted molar refractivity (Wildman–Crippen MR) is 99.8 cm³/mol. The number of nitrogens with zero attached hydrogens (tertiary/aromatic N) is 3. The molecule has 0 radical (unpaired) electrons. The molecule has 0 saturated carbocycles. The molecule has 1 aromatic carbocycles. The Morgan fingerprint density at radius 1 is 1.46 bits per heavy atom. The van der Waals surface area contributed by atoms with E-state index in [-0.39, 0.29) is 11.8 Å². The average molecular weight is 376 g/mol. The van der Waals surface area contributed by atoms with E-state index in [1.54, 1.807) is 18.9 Å². The third-order valence-electron chi connectivity index (χ3n) is 4.40. The maximum absolute atomic E-state index is 12.4. The lowest BCUT2D eigenvalue weighted by Crippen LogP contribution is -2.38. The lowest BCUT2D eigenvalue weighted by atomic mass is 9.95. The molecule has 1 N–H and O–H groups in total. The highest BCUT2D eigenvalue weighted by molar-refractivity contribution is 7.99. The van der Waals surface area contributed by atoms with E-state index in [1.165, 1.54) is 0 Å². The van der Waals surface area contributed by atoms with Crippen molar-refractivity contribution in [3.63, 3.8) is 0 Å². The van der Waals surface area contributed by atoms with Gasteiger partial charge in [-0.1, -0.05) is 23.9 Å². The van der Waals surface area contributed by atoms with Gasteiger partial charge in [0.05, 0.1) is 13.0 Å². The Balaban J connectivity index is 1.48. The second-order valence-electron chi connectivity index (χ2n) is 6.07. The molecule has 0 aliphatic carbocycles. The molecule has 3 rings (SSSR count). The topological polar surface area (TPSA) is 78.3 Å². The summed E-state index contributed by atoms with van der Waals surface area (Å²) in [5.41, 5.74) is 1.01. The van der Waals surface area contributed by atoms with Crippen molar-refractivity contribution in [2.24, 2.45) is 5.92 Å². The van der Waals surface area contributed by atoms with Crippen LogP contribution in [0.25, 0.3) is 0 Å². The summed E-state index contributed by atoms with van der Waals surface area (Å²) in [6, 6.07) is 5.77. The molecule has 2 heterocycles. The minimum absolute atomic E-state index is 0.0206. The van der Waals surface area contributed by atoms with Crippen molar-refractivity contribution in [1.29, 1.82) is 0 Å². The molecule has 1 unspecified atom stereocenters. The number of nitrogens with one attached hydrogen (secondary N) is 1. The molecule has 0 bridgehead atoms. The monoisotopic (exact) mass is 376 g/mol. The zero-order valence-electron chi connectivity index (χ0n) is 15.3. The first-order valence-electron chi connectivity index (χ1n) is 8.73. The van der Waals surface area contributed by atoms with Gasteiger partial charge in [-0.3, -0.25) is 4.79 Å². The van der Waals surface area contributed by atoms with Gasteiger partial charge in [-0.05, 0) is 31.9 Å². The number of amides is 1. The highest BCUT2D eigenvalue weighted by Gasteiger charge is 2.27. The van der Waals surface area contributed by atoms with Crippen molar-refractivity contribution >= 4 is 17.7 Å². The third kappa shape index (κ3) is 3.95. The minimum Gasteiger partial charge on any atom is -0.493 e. The van der Waals surface area contributed by atoms with Gasteiger partial charge in [0.15, 0.2) is 16.7 Å². The van der Waals surface area contributed by atoms with E-state index in [9.17, 15) is 4.79 Å². The number of rotatable bonds is 7. The van der Waals surface area contributed by atoms with E-state index < -0.39 is 0 Å². The van der Waals surface area contributed by atoms with Gasteiger partial charge in [-0.15, -0.1) is 10.2 Å². The number of methoxy groups -OCH3 is 1. The summed E-state index contributed by atoms with van der Waals surface area (Å²) in [6.07, 6.45) is 0.662. The van der Waals surface area contributed by atoms with Crippen LogP contribution in [-0.2, 0) is 17.8 Å². The summed E-state index contributed by atoms with van der Waals surface area (Å²) in [5.74, 6) is 2.97. The molecule has 0 saturated heterocycles. The maximum atomic E-state index is 12.4. The van der Waals surface area contributed by atoms with E-state index in [2.05, 4.69) is 27.0 Å². The molecule has 2 aromatic rings. The fraction of sp³-hybridized carbons (Fsp3) is 0.500. The molecule has 26 heavy (non-hydrogen) atoms. The number of hydrogen-bond acceptors (Lipinski definition) is 6. The standard InChI is InChI=1S/C18H24N4O3S/c1-4-22-12(2)20-21-18(22)26-9-8-19-17(23)14-10-13-6-5-7-15(24-3)16(13)25-11-14/h5-7,14H,4,8-11H2,1-3H3,(H,19,23). The second kappa shape index (κ2) is 8.44. The highest BCUT2D eigenvalue weighted by atomic mass is 32.2. The first-order valence-corrected chi connectivity index (χ1v) is 9.71. The van der Waals surface area contributed by atoms with Crippen molar-refractivity contribution in [3.8, 4) is 11.5 Å². The molecule has 140 valence electrons. The van der Waals surface area contributed by atoms with Crippen molar-refractivity contribution in [1.82, 2.24) is 20.1 Å². The maximum Gasteiger partial charge on any atom is 0.226 e. The molecular formula is C18H24N4O3S. The molecule has 1 aliphatic rings. The van der Waals surface area contributed by atoms with Crippen LogP contribution in [0.15, 0.2) is 23.4 Å². The van der Waals surface area contributed by atoms with Crippen molar-refractivity contribution in [3.05, 3.63) is 29.6 Å². The average Bonchev–Trinajstić information content (AvgIpc) is 3.03. The Kier molecular flexibility index (Phi) is 6.03. The lowest BCUT2D eigenvalue weighted by molar-refractivity contribution is -0.126. The van der Waals surface area contributed by atoms with E-state index in [0.29, 0.717) is 25.3 Å². The summed E-state index contributed by atoms with van der Waals surface area (Å²) < 4.78 is 13.1. The van der Waals surface area contributed by atoms with E-state index in [4.69, 9.17) is 9.47 Å². The molecule has 1 aromatic heterocycles. The Morgan fingerprint density at radius 2 is 2.31 bits per heavy atom. The van der Waals surface area contributed by atoms with Gasteiger partial charge in [0.2, 0.25) is 5.91 Å². The second-order valence-corrected chi connectivity index (χ2v) is 7.14. The molecule has 1 atom stereocenters. The number of aromatic nitrogens is 3. The number of aryl methyl sites for hydroxylation is 1. The lowest BCUT2D eigenvalue weighted by Gasteiger charge is -2.25. The molecular weight excluding hydrogens is 352 g/mol. The number of ether oxygens (including phenoxy) is 2. The van der Waals surface area contributed by atoms with Crippen molar-refractivity contribution in [2.45, 2.75) is 32.0 Å². The number of carbonyl (C=O) groups excluding carboxylic acids is 1. The number of para-hydroxylation sites is 1. The number of carbonyl (C=O) groups is 1. The van der Waals surface area contributed by atoms with Crippen LogP contribution in [0.3, 0.4) is 0 Å². The summed E-state index contributed by atoms with van der Waals surface area (Å²) in [5, 5.41) is 12.1. The highest BCUT2D eigenvalue weighted by Crippen LogP contribution is 2.36. The third-order valence-corrected chi connectivity index (χ3v) is 5.37. The summed E-state index contributed by atoms with van der Waals surface area (Å²) in [4.78, 5) is 12.4. The molecule has 0 spiro atoms. The molecule has 8 heteroatoms. The van der Waals surface area contributed by atoms with Gasteiger partial charge in [-0.25, -0.2) is 0 Å². The Morgan fingerprint density at radius 3 is 3.08 bits per heavy atom. The smallest absolute Gasteiger partial charge is 0.226 e. The number of thioether (sulfide) groups is 1. The molecule has 7 nitrogen and oxygen atoms in total. The van der Waals surface area contributed by atoms with E-state index in [1.807, 2.05) is 25.1 Å². The fourth-order valence-electron chi connectivity index (χ4n) is 3.02. The largest absolute Gasteiger partial charge is 0.493 e. The predicted octanol–water partition coefficient (Wildman–Crippen LogP) is 2.07. The summed E-state index contributed by atoms with van der Waals surface area (Å²) >= 11 is 1.60. The quantitative estimate of drug-likeness (QED) is 0.589. The van der Waals surface area contributed by atoms with Crippen LogP contribution in [0.2, 0.25) is 0 Å². The SMILES string of the molecule is CCn1c(C)nnc1SCCNC(=O)C1COc2c(cccc2OC)C1. The Bertz CT molecular complexity index is 778. The Labute approximate surface area is 157 Å². The first kappa shape index (κ1) is 18.6. The van der Waals surface area contributed by atoms with Gasteiger partial charge in [0, 0.05) is 18.8 Å². The normalized spacial score (nSPS) is 15.9. The van der Waals surface area contributed by atoms with Crippen LogP contribution in [0.4, 0.5) is 0 Å². The Hall–Kier alpha value is -2.22. The van der Waals surface area contributed by atoms with Crippen LogP contribution < -0.4 is 14.8 Å². The van der Waals surface area contributed by atoms with Crippen LogP contribution in [-0.4, -0.2) is 46.7 Å². The van der Waals surface area contributed by atoms with Gasteiger partial charge < -0.3 is 19.4 Å². The van der Waals surface area contributed by atoms with Crippen LogP contribution in [0.5, 0.6) is 11.5 Å². The number of hydrogen-bond donors (Lipinski definition) is 1. The molecule has 1 aliphatic heterocycles. The van der Waals surface area contributed by atoms with Gasteiger partial charge in [-0.2, -0.15) is 0 Å². The number of benzene rings is 1. The zero-order chi connectivity index (χ0) is 18.5. The van der Waals surface area contributed by atoms with Gasteiger partial charge in [0.1, 0.15) is 12.4 Å². The summed E-state index contributed by atoms with van der Waals surface area (Å²) in [7, 11) is 1.62.